The summed E-state index contributed by atoms with van der Waals surface area (Å²) in [4.78, 5) is 13.1. The van der Waals surface area contributed by atoms with E-state index in [2.05, 4.69) is 0 Å². The molecule has 0 radical (unpaired) electrons. The maximum absolute atomic E-state index is 13.2. The quantitative estimate of drug-likeness (QED) is 0.708. The molecule has 0 saturated heterocycles. The summed E-state index contributed by atoms with van der Waals surface area (Å²) in [6, 6.07) is 13.6. The molecule has 1 heterocycles. The van der Waals surface area contributed by atoms with E-state index in [-0.39, 0.29) is 5.82 Å². The van der Waals surface area contributed by atoms with E-state index in [1.165, 1.54) is 23.5 Å². The Morgan fingerprint density at radius 3 is 2.13 bits per heavy atom. The van der Waals surface area contributed by atoms with Crippen molar-refractivity contribution >= 4 is 22.9 Å². The number of nitrogens with two attached hydrogens (primary N) is 2. The monoisotopic (exact) mass is 326 g/mol. The van der Waals surface area contributed by atoms with Crippen molar-refractivity contribution in [2.24, 2.45) is 5.73 Å². The summed E-state index contributed by atoms with van der Waals surface area (Å²) >= 11 is 1.32. The first-order valence-electron chi connectivity index (χ1n) is 7.02. The average molecular weight is 326 g/mol. The fourth-order valence-electron chi connectivity index (χ4n) is 2.55. The lowest BCUT2D eigenvalue weighted by molar-refractivity contribution is 0.100. The van der Waals surface area contributed by atoms with Crippen molar-refractivity contribution in [2.45, 2.75) is 6.92 Å². The number of rotatable bonds is 3. The summed E-state index contributed by atoms with van der Waals surface area (Å²) in [5.41, 5.74) is 15.5. The zero-order chi connectivity index (χ0) is 16.6. The minimum Gasteiger partial charge on any atom is -0.399 e. The zero-order valence-electron chi connectivity index (χ0n) is 12.5. The summed E-state index contributed by atoms with van der Waals surface area (Å²) in [6.45, 7) is 1.87. The summed E-state index contributed by atoms with van der Waals surface area (Å²) < 4.78 is 13.2. The number of carbonyl (C=O) groups excluding carboxylic acids is 1. The topological polar surface area (TPSA) is 69.1 Å². The van der Waals surface area contributed by atoms with Crippen LogP contribution in [0.2, 0.25) is 0 Å². The molecular formula is C18H15FN2OS. The Bertz CT molecular complexity index is 867. The standard InChI is InChI=1S/C18H15FN2OS/c1-10-15(11-4-8-14(20)9-5-11)17(23-16(10)18(21)22)12-2-6-13(19)7-3-12/h2-9H,20H2,1H3,(H2,21,22). The third-order valence-corrected chi connectivity index (χ3v) is 5.03. The van der Waals surface area contributed by atoms with Gasteiger partial charge in [-0.25, -0.2) is 4.39 Å². The van der Waals surface area contributed by atoms with Gasteiger partial charge in [0.2, 0.25) is 0 Å². The predicted molar refractivity (Wildman–Crippen MR) is 92.8 cm³/mol. The van der Waals surface area contributed by atoms with Gasteiger partial charge in [0, 0.05) is 16.1 Å². The van der Waals surface area contributed by atoms with E-state index >= 15 is 0 Å². The van der Waals surface area contributed by atoms with Gasteiger partial charge in [-0.3, -0.25) is 4.79 Å². The van der Waals surface area contributed by atoms with E-state index in [0.29, 0.717) is 10.6 Å². The number of primary amides is 1. The number of nitrogen functional groups attached to an aromatic ring is 1. The van der Waals surface area contributed by atoms with Gasteiger partial charge in [0.1, 0.15) is 5.82 Å². The normalized spacial score (nSPS) is 10.7. The molecule has 3 rings (SSSR count). The van der Waals surface area contributed by atoms with Crippen LogP contribution in [-0.4, -0.2) is 5.91 Å². The van der Waals surface area contributed by atoms with Gasteiger partial charge in [-0.2, -0.15) is 0 Å². The van der Waals surface area contributed by atoms with E-state index < -0.39 is 5.91 Å². The number of carbonyl (C=O) groups is 1. The number of anilines is 1. The third kappa shape index (κ3) is 2.83. The Kier molecular flexibility index (Phi) is 3.88. The van der Waals surface area contributed by atoms with Crippen molar-refractivity contribution in [2.75, 3.05) is 5.73 Å². The van der Waals surface area contributed by atoms with E-state index in [0.717, 1.165) is 27.1 Å². The lowest BCUT2D eigenvalue weighted by Crippen LogP contribution is -2.10. The molecule has 3 aromatic rings. The summed E-state index contributed by atoms with van der Waals surface area (Å²) in [7, 11) is 0. The van der Waals surface area contributed by atoms with E-state index in [1.807, 2.05) is 31.2 Å². The number of thiophene rings is 1. The van der Waals surface area contributed by atoms with Gasteiger partial charge in [-0.05, 0) is 47.9 Å². The Hall–Kier alpha value is -2.66. The zero-order valence-corrected chi connectivity index (χ0v) is 13.3. The van der Waals surface area contributed by atoms with Crippen molar-refractivity contribution in [3.05, 3.63) is 64.8 Å². The fourth-order valence-corrected chi connectivity index (χ4v) is 3.74. The average Bonchev–Trinajstić information content (AvgIpc) is 2.87. The van der Waals surface area contributed by atoms with Crippen LogP contribution in [0.3, 0.4) is 0 Å². The molecule has 1 aromatic heterocycles. The molecule has 0 unspecified atom stereocenters. The number of benzene rings is 2. The van der Waals surface area contributed by atoms with Crippen LogP contribution in [0.1, 0.15) is 15.2 Å². The molecule has 0 atom stereocenters. The lowest BCUT2D eigenvalue weighted by Gasteiger charge is -2.07. The van der Waals surface area contributed by atoms with Crippen molar-refractivity contribution < 1.29 is 9.18 Å². The minimum absolute atomic E-state index is 0.300. The molecule has 0 aliphatic rings. The molecule has 0 fully saturated rings. The Morgan fingerprint density at radius 2 is 1.57 bits per heavy atom. The Labute approximate surface area is 137 Å². The highest BCUT2D eigenvalue weighted by Gasteiger charge is 2.20. The predicted octanol–water partition coefficient (Wildman–Crippen LogP) is 4.21. The van der Waals surface area contributed by atoms with Crippen LogP contribution in [0, 0.1) is 12.7 Å². The van der Waals surface area contributed by atoms with Gasteiger partial charge in [0.05, 0.1) is 4.88 Å². The Morgan fingerprint density at radius 1 is 1.00 bits per heavy atom. The first-order chi connectivity index (χ1) is 11.0. The highest BCUT2D eigenvalue weighted by molar-refractivity contribution is 7.18. The van der Waals surface area contributed by atoms with E-state index in [9.17, 15) is 9.18 Å². The SMILES string of the molecule is Cc1c(C(N)=O)sc(-c2ccc(F)cc2)c1-c1ccc(N)cc1. The van der Waals surface area contributed by atoms with Crippen molar-refractivity contribution in [3.8, 4) is 21.6 Å². The van der Waals surface area contributed by atoms with Crippen LogP contribution in [0.25, 0.3) is 21.6 Å². The first kappa shape index (κ1) is 15.2. The molecule has 0 bridgehead atoms. The third-order valence-electron chi connectivity index (χ3n) is 3.68. The van der Waals surface area contributed by atoms with Gasteiger partial charge in [-0.1, -0.05) is 24.3 Å². The van der Waals surface area contributed by atoms with Crippen molar-refractivity contribution in [1.29, 1.82) is 0 Å². The van der Waals surface area contributed by atoms with Gasteiger partial charge >= 0.3 is 0 Å². The lowest BCUT2D eigenvalue weighted by atomic mass is 9.97. The van der Waals surface area contributed by atoms with Crippen LogP contribution in [-0.2, 0) is 0 Å². The molecular weight excluding hydrogens is 311 g/mol. The van der Waals surface area contributed by atoms with Gasteiger partial charge < -0.3 is 11.5 Å². The van der Waals surface area contributed by atoms with Crippen LogP contribution < -0.4 is 11.5 Å². The number of halogens is 1. The first-order valence-corrected chi connectivity index (χ1v) is 7.84. The van der Waals surface area contributed by atoms with Gasteiger partial charge in [-0.15, -0.1) is 11.3 Å². The molecule has 2 aromatic carbocycles. The second-order valence-electron chi connectivity index (χ2n) is 5.25. The van der Waals surface area contributed by atoms with Crippen molar-refractivity contribution in [1.82, 2.24) is 0 Å². The molecule has 0 aliphatic carbocycles. The van der Waals surface area contributed by atoms with Gasteiger partial charge in [0.25, 0.3) is 5.91 Å². The fraction of sp³-hybridized carbons (Fsp3) is 0.0556. The van der Waals surface area contributed by atoms with E-state index in [1.54, 1.807) is 12.1 Å². The van der Waals surface area contributed by atoms with Crippen LogP contribution >= 0.6 is 11.3 Å². The molecule has 0 saturated carbocycles. The molecule has 4 N–H and O–H groups in total. The highest BCUT2D eigenvalue weighted by atomic mass is 32.1. The van der Waals surface area contributed by atoms with E-state index in [4.69, 9.17) is 11.5 Å². The molecule has 0 aliphatic heterocycles. The number of hydrogen-bond acceptors (Lipinski definition) is 3. The Balaban J connectivity index is 2.25. The molecule has 23 heavy (non-hydrogen) atoms. The smallest absolute Gasteiger partial charge is 0.259 e. The van der Waals surface area contributed by atoms with Crippen LogP contribution in [0.15, 0.2) is 48.5 Å². The second-order valence-corrected chi connectivity index (χ2v) is 6.27. The number of amides is 1. The van der Waals surface area contributed by atoms with Crippen LogP contribution in [0.4, 0.5) is 10.1 Å². The second kappa shape index (κ2) is 5.85. The molecule has 116 valence electrons. The summed E-state index contributed by atoms with van der Waals surface area (Å²) in [6.07, 6.45) is 0. The van der Waals surface area contributed by atoms with Gasteiger partial charge in [0.15, 0.2) is 0 Å². The number of hydrogen-bond donors (Lipinski definition) is 2. The summed E-state index contributed by atoms with van der Waals surface area (Å²) in [5, 5.41) is 0. The molecule has 0 spiro atoms. The van der Waals surface area contributed by atoms with Crippen LogP contribution in [0.5, 0.6) is 0 Å². The summed E-state index contributed by atoms with van der Waals surface area (Å²) in [5.74, 6) is -0.760. The highest BCUT2D eigenvalue weighted by Crippen LogP contribution is 2.42. The minimum atomic E-state index is -0.461. The maximum Gasteiger partial charge on any atom is 0.259 e. The largest absolute Gasteiger partial charge is 0.399 e. The molecule has 5 heteroatoms. The van der Waals surface area contributed by atoms with Crippen molar-refractivity contribution in [3.63, 3.8) is 0 Å². The maximum atomic E-state index is 13.2. The molecule has 1 amide bonds. The molecule has 3 nitrogen and oxygen atoms in total.